The summed E-state index contributed by atoms with van der Waals surface area (Å²) >= 11 is 1.31. The number of aromatic nitrogens is 4. The first-order chi connectivity index (χ1) is 13.2. The molecule has 1 amide bonds. The number of H-pyrrole nitrogens is 1. The van der Waals surface area contributed by atoms with Gasteiger partial charge in [0.2, 0.25) is 11.9 Å². The lowest BCUT2D eigenvalue weighted by atomic mass is 9.84. The molecule has 4 rings (SSSR count). The smallest absolute Gasteiger partial charge is 0.234 e. The van der Waals surface area contributed by atoms with E-state index in [9.17, 15) is 4.79 Å². The Bertz CT molecular complexity index is 933. The van der Waals surface area contributed by atoms with Gasteiger partial charge in [-0.05, 0) is 36.5 Å². The maximum atomic E-state index is 12.3. The number of nitrogens with two attached hydrogens (primary N) is 1. The van der Waals surface area contributed by atoms with Gasteiger partial charge in [-0.25, -0.2) is 9.97 Å². The molecule has 0 aliphatic heterocycles. The van der Waals surface area contributed by atoms with Crippen LogP contribution in [0, 0.1) is 0 Å². The Balaban J connectivity index is 1.35. The molecule has 0 bridgehead atoms. The van der Waals surface area contributed by atoms with Crippen molar-refractivity contribution in [2.75, 3.05) is 16.8 Å². The van der Waals surface area contributed by atoms with Gasteiger partial charge in [0, 0.05) is 5.69 Å². The number of rotatable bonds is 5. The third-order valence-corrected chi connectivity index (χ3v) is 5.86. The molecule has 0 saturated heterocycles. The van der Waals surface area contributed by atoms with Crippen LogP contribution in [0.5, 0.6) is 0 Å². The average molecular weight is 382 g/mol. The van der Waals surface area contributed by atoms with Crippen molar-refractivity contribution >= 4 is 40.5 Å². The van der Waals surface area contributed by atoms with Gasteiger partial charge in [-0.2, -0.15) is 4.98 Å². The molecule has 1 aliphatic carbocycles. The summed E-state index contributed by atoms with van der Waals surface area (Å²) in [4.78, 5) is 27.6. The average Bonchev–Trinajstić information content (AvgIpc) is 3.16. The molecule has 1 aromatic carbocycles. The standard InChI is InChI=1S/C19H22N6OS/c20-19-24-17-16(21-11-22-17)18(25-19)27-10-15(26)23-14-8-6-13(7-9-14)12-4-2-1-3-5-12/h6-9,11-12H,1-5,10H2,(H,23,26)(H3,20,21,22,24,25). The van der Waals surface area contributed by atoms with Gasteiger partial charge >= 0.3 is 0 Å². The monoisotopic (exact) mass is 382 g/mol. The Morgan fingerprint density at radius 2 is 1.96 bits per heavy atom. The zero-order chi connectivity index (χ0) is 18.6. The molecule has 1 saturated carbocycles. The van der Waals surface area contributed by atoms with Crippen molar-refractivity contribution in [3.63, 3.8) is 0 Å². The second kappa shape index (κ2) is 7.96. The largest absolute Gasteiger partial charge is 0.368 e. The number of anilines is 2. The van der Waals surface area contributed by atoms with E-state index < -0.39 is 0 Å². The maximum Gasteiger partial charge on any atom is 0.234 e. The third kappa shape index (κ3) is 4.21. The van der Waals surface area contributed by atoms with Crippen molar-refractivity contribution in [1.82, 2.24) is 19.9 Å². The predicted molar refractivity (Wildman–Crippen MR) is 108 cm³/mol. The van der Waals surface area contributed by atoms with Gasteiger partial charge in [-0.3, -0.25) is 4.79 Å². The normalized spacial score (nSPS) is 15.1. The van der Waals surface area contributed by atoms with Crippen molar-refractivity contribution in [3.8, 4) is 0 Å². The lowest BCUT2D eigenvalue weighted by Crippen LogP contribution is -2.14. The number of imidazole rings is 1. The summed E-state index contributed by atoms with van der Waals surface area (Å²) in [6, 6.07) is 8.25. The van der Waals surface area contributed by atoms with Gasteiger partial charge in [0.1, 0.15) is 10.5 Å². The van der Waals surface area contributed by atoms with Crippen LogP contribution in [0.15, 0.2) is 35.6 Å². The molecule has 8 heteroatoms. The molecule has 0 atom stereocenters. The third-order valence-electron chi connectivity index (χ3n) is 4.88. The topological polar surface area (TPSA) is 110 Å². The van der Waals surface area contributed by atoms with Crippen LogP contribution < -0.4 is 11.1 Å². The number of fused-ring (bicyclic) bond motifs is 1. The number of carbonyl (C=O) groups excluding carboxylic acids is 1. The number of thioether (sulfide) groups is 1. The Kier molecular flexibility index (Phi) is 5.24. The van der Waals surface area contributed by atoms with E-state index in [4.69, 9.17) is 5.73 Å². The Morgan fingerprint density at radius 1 is 1.19 bits per heavy atom. The second-order valence-electron chi connectivity index (χ2n) is 6.78. The van der Waals surface area contributed by atoms with Crippen LogP contribution in [0.3, 0.4) is 0 Å². The van der Waals surface area contributed by atoms with Crippen molar-refractivity contribution in [3.05, 3.63) is 36.2 Å². The molecule has 7 nitrogen and oxygen atoms in total. The summed E-state index contributed by atoms with van der Waals surface area (Å²) < 4.78 is 0. The number of nitrogens with one attached hydrogen (secondary N) is 2. The van der Waals surface area contributed by atoms with Gasteiger partial charge in [0.15, 0.2) is 5.65 Å². The highest BCUT2D eigenvalue weighted by atomic mass is 32.2. The summed E-state index contributed by atoms with van der Waals surface area (Å²) in [5.74, 6) is 0.958. The highest BCUT2D eigenvalue weighted by Gasteiger charge is 2.15. The van der Waals surface area contributed by atoms with E-state index in [-0.39, 0.29) is 17.6 Å². The van der Waals surface area contributed by atoms with Crippen molar-refractivity contribution in [2.24, 2.45) is 0 Å². The zero-order valence-corrected chi connectivity index (χ0v) is 15.8. The summed E-state index contributed by atoms with van der Waals surface area (Å²) in [5, 5.41) is 3.56. The van der Waals surface area contributed by atoms with Gasteiger partial charge in [0.25, 0.3) is 0 Å². The fourth-order valence-electron chi connectivity index (χ4n) is 3.53. The molecule has 2 aromatic heterocycles. The minimum absolute atomic E-state index is 0.0877. The molecule has 0 spiro atoms. The number of hydrogen-bond acceptors (Lipinski definition) is 6. The van der Waals surface area contributed by atoms with Crippen LogP contribution in [0.4, 0.5) is 11.6 Å². The first kappa shape index (κ1) is 17.8. The van der Waals surface area contributed by atoms with E-state index >= 15 is 0 Å². The van der Waals surface area contributed by atoms with E-state index in [0.29, 0.717) is 22.1 Å². The fraction of sp³-hybridized carbons (Fsp3) is 0.368. The lowest BCUT2D eigenvalue weighted by Gasteiger charge is -2.22. The Labute approximate surface area is 161 Å². The van der Waals surface area contributed by atoms with Crippen LogP contribution in [0.1, 0.15) is 43.6 Å². The first-order valence-corrected chi connectivity index (χ1v) is 10.2. The summed E-state index contributed by atoms with van der Waals surface area (Å²) in [6.07, 6.45) is 8.07. The first-order valence-electron chi connectivity index (χ1n) is 9.18. The van der Waals surface area contributed by atoms with E-state index in [1.165, 1.54) is 55.8 Å². The van der Waals surface area contributed by atoms with E-state index in [1.807, 2.05) is 12.1 Å². The van der Waals surface area contributed by atoms with Gasteiger partial charge in [-0.1, -0.05) is 43.2 Å². The van der Waals surface area contributed by atoms with E-state index in [1.54, 1.807) is 0 Å². The molecular formula is C19H22N6OS. The number of carbonyl (C=O) groups is 1. The van der Waals surface area contributed by atoms with Crippen LogP contribution in [0.25, 0.3) is 11.2 Å². The number of nitrogens with zero attached hydrogens (tertiary/aromatic N) is 3. The molecule has 2 heterocycles. The maximum absolute atomic E-state index is 12.3. The zero-order valence-electron chi connectivity index (χ0n) is 14.9. The fourth-order valence-corrected chi connectivity index (χ4v) is 4.33. The van der Waals surface area contributed by atoms with Gasteiger partial charge < -0.3 is 16.0 Å². The van der Waals surface area contributed by atoms with Crippen LogP contribution in [-0.4, -0.2) is 31.6 Å². The minimum Gasteiger partial charge on any atom is -0.368 e. The van der Waals surface area contributed by atoms with Crippen molar-refractivity contribution < 1.29 is 4.79 Å². The van der Waals surface area contributed by atoms with Crippen LogP contribution >= 0.6 is 11.8 Å². The number of hydrogen-bond donors (Lipinski definition) is 3. The number of amides is 1. The van der Waals surface area contributed by atoms with Crippen molar-refractivity contribution in [2.45, 2.75) is 43.0 Å². The Hall–Kier alpha value is -2.61. The number of aromatic amines is 1. The highest BCUT2D eigenvalue weighted by molar-refractivity contribution is 8.00. The molecule has 0 unspecified atom stereocenters. The van der Waals surface area contributed by atoms with E-state index in [0.717, 1.165) is 5.69 Å². The molecule has 1 fully saturated rings. The Morgan fingerprint density at radius 3 is 2.74 bits per heavy atom. The van der Waals surface area contributed by atoms with Gasteiger partial charge in [0.05, 0.1) is 12.1 Å². The molecule has 1 aliphatic rings. The quantitative estimate of drug-likeness (QED) is 0.458. The van der Waals surface area contributed by atoms with Crippen LogP contribution in [0.2, 0.25) is 0 Å². The van der Waals surface area contributed by atoms with Crippen LogP contribution in [-0.2, 0) is 4.79 Å². The summed E-state index contributed by atoms with van der Waals surface area (Å²) in [5.41, 5.74) is 9.09. The molecular weight excluding hydrogens is 360 g/mol. The molecule has 4 N–H and O–H groups in total. The molecule has 0 radical (unpaired) electrons. The minimum atomic E-state index is -0.0877. The second-order valence-corrected chi connectivity index (χ2v) is 7.75. The van der Waals surface area contributed by atoms with Crippen molar-refractivity contribution in [1.29, 1.82) is 0 Å². The number of benzene rings is 1. The van der Waals surface area contributed by atoms with E-state index in [2.05, 4.69) is 37.4 Å². The van der Waals surface area contributed by atoms with Gasteiger partial charge in [-0.15, -0.1) is 0 Å². The highest BCUT2D eigenvalue weighted by Crippen LogP contribution is 2.33. The SMILES string of the molecule is Nc1nc(SCC(=O)Nc2ccc(C3CCCCC3)cc2)c2[nH]cnc2n1. The number of nitrogen functional groups attached to an aromatic ring is 1. The molecule has 140 valence electrons. The lowest BCUT2D eigenvalue weighted by molar-refractivity contribution is -0.113. The summed E-state index contributed by atoms with van der Waals surface area (Å²) in [7, 11) is 0. The summed E-state index contributed by atoms with van der Waals surface area (Å²) in [6.45, 7) is 0. The predicted octanol–water partition coefficient (Wildman–Crippen LogP) is 3.71. The molecule has 27 heavy (non-hydrogen) atoms. The molecule has 3 aromatic rings.